The smallest absolute Gasteiger partial charge is 0.224 e. The summed E-state index contributed by atoms with van der Waals surface area (Å²) in [7, 11) is 0. The van der Waals surface area contributed by atoms with Gasteiger partial charge in [0, 0.05) is 17.6 Å². The molecule has 0 radical (unpaired) electrons. The van der Waals surface area contributed by atoms with E-state index in [1.54, 1.807) is 12.1 Å². The quantitative estimate of drug-likeness (QED) is 0.890. The highest BCUT2D eigenvalue weighted by molar-refractivity contribution is 9.10. The van der Waals surface area contributed by atoms with Crippen molar-refractivity contribution in [2.45, 2.75) is 12.8 Å². The molecule has 0 aliphatic carbocycles. The highest BCUT2D eigenvalue weighted by Gasteiger charge is 2.21. The second-order valence-corrected chi connectivity index (χ2v) is 5.38. The van der Waals surface area contributed by atoms with Crippen LogP contribution in [0.1, 0.15) is 12.0 Å². The molecule has 1 heterocycles. The zero-order chi connectivity index (χ0) is 13.0. The Morgan fingerprint density at radius 1 is 1.56 bits per heavy atom. The molecule has 1 aliphatic rings. The lowest BCUT2D eigenvalue weighted by Gasteiger charge is -2.10. The van der Waals surface area contributed by atoms with Gasteiger partial charge in [0.05, 0.1) is 5.92 Å². The zero-order valence-electron chi connectivity index (χ0n) is 10.0. The molecule has 1 atom stereocenters. The van der Waals surface area contributed by atoms with Crippen LogP contribution in [0.5, 0.6) is 0 Å². The van der Waals surface area contributed by atoms with Gasteiger partial charge in [0.1, 0.15) is 5.82 Å². The summed E-state index contributed by atoms with van der Waals surface area (Å²) >= 11 is 3.31. The van der Waals surface area contributed by atoms with Crippen molar-refractivity contribution >= 4 is 21.8 Å². The molecule has 0 bridgehead atoms. The fraction of sp³-hybridized carbons (Fsp3) is 0.462. The number of halogens is 2. The number of hydrogen-bond donors (Lipinski definition) is 2. The first kappa shape index (κ1) is 13.5. The molecule has 0 saturated carbocycles. The summed E-state index contributed by atoms with van der Waals surface area (Å²) in [6.45, 7) is 2.12. The van der Waals surface area contributed by atoms with E-state index >= 15 is 0 Å². The standard InChI is InChI=1S/C13H16BrFN2O/c14-11-1-2-12(15)9(7-11)4-6-17-13(18)10-3-5-16-8-10/h1-2,7,10,16H,3-6,8H2,(H,17,18). The Balaban J connectivity index is 1.81. The first-order chi connectivity index (χ1) is 8.66. The van der Waals surface area contributed by atoms with Gasteiger partial charge in [-0.15, -0.1) is 0 Å². The molecule has 1 aromatic rings. The molecule has 1 aromatic carbocycles. The number of carbonyl (C=O) groups is 1. The summed E-state index contributed by atoms with van der Waals surface area (Å²) < 4.78 is 14.3. The van der Waals surface area contributed by atoms with Crippen molar-refractivity contribution in [3.8, 4) is 0 Å². The number of rotatable bonds is 4. The Bertz CT molecular complexity index is 433. The van der Waals surface area contributed by atoms with Crippen molar-refractivity contribution in [3.63, 3.8) is 0 Å². The Morgan fingerprint density at radius 2 is 2.39 bits per heavy atom. The number of amides is 1. The molecule has 3 nitrogen and oxygen atoms in total. The van der Waals surface area contributed by atoms with Crippen LogP contribution in [-0.4, -0.2) is 25.5 Å². The Kier molecular flexibility index (Phi) is 4.72. The van der Waals surface area contributed by atoms with Crippen molar-refractivity contribution in [3.05, 3.63) is 34.1 Å². The van der Waals surface area contributed by atoms with Gasteiger partial charge in [-0.2, -0.15) is 0 Å². The van der Waals surface area contributed by atoms with Crippen molar-refractivity contribution in [2.24, 2.45) is 5.92 Å². The van der Waals surface area contributed by atoms with Gasteiger partial charge in [0.25, 0.3) is 0 Å². The van der Waals surface area contributed by atoms with Gasteiger partial charge in [0.15, 0.2) is 0 Å². The third kappa shape index (κ3) is 3.53. The topological polar surface area (TPSA) is 41.1 Å². The monoisotopic (exact) mass is 314 g/mol. The predicted octanol–water partition coefficient (Wildman–Crippen LogP) is 1.86. The minimum atomic E-state index is -0.227. The van der Waals surface area contributed by atoms with Gasteiger partial charge in [-0.05, 0) is 43.1 Å². The first-order valence-corrected chi connectivity index (χ1v) is 6.88. The lowest BCUT2D eigenvalue weighted by atomic mass is 10.1. The van der Waals surface area contributed by atoms with Gasteiger partial charge in [-0.1, -0.05) is 15.9 Å². The SMILES string of the molecule is O=C(NCCc1cc(Br)ccc1F)C1CCNC1. The van der Waals surface area contributed by atoms with Crippen LogP contribution in [0.15, 0.2) is 22.7 Å². The van der Waals surface area contributed by atoms with Crippen LogP contribution in [0.3, 0.4) is 0 Å². The van der Waals surface area contributed by atoms with Crippen LogP contribution in [0, 0.1) is 11.7 Å². The Morgan fingerprint density at radius 3 is 3.11 bits per heavy atom. The first-order valence-electron chi connectivity index (χ1n) is 6.09. The maximum atomic E-state index is 13.5. The fourth-order valence-corrected chi connectivity index (χ4v) is 2.49. The average molecular weight is 315 g/mol. The normalized spacial score (nSPS) is 18.9. The molecule has 98 valence electrons. The van der Waals surface area contributed by atoms with E-state index in [0.29, 0.717) is 18.5 Å². The van der Waals surface area contributed by atoms with Gasteiger partial charge < -0.3 is 10.6 Å². The maximum absolute atomic E-state index is 13.5. The molecule has 5 heteroatoms. The molecule has 1 aliphatic heterocycles. The Labute approximate surface area is 114 Å². The molecule has 1 unspecified atom stereocenters. The van der Waals surface area contributed by atoms with E-state index in [-0.39, 0.29) is 17.6 Å². The third-order valence-corrected chi connectivity index (χ3v) is 3.63. The van der Waals surface area contributed by atoms with Crippen molar-refractivity contribution < 1.29 is 9.18 Å². The third-order valence-electron chi connectivity index (χ3n) is 3.13. The second kappa shape index (κ2) is 6.29. The van der Waals surface area contributed by atoms with Gasteiger partial charge in [-0.25, -0.2) is 4.39 Å². The minimum absolute atomic E-state index is 0.0652. The highest BCUT2D eigenvalue weighted by Crippen LogP contribution is 2.15. The van der Waals surface area contributed by atoms with Crippen LogP contribution in [0.2, 0.25) is 0 Å². The maximum Gasteiger partial charge on any atom is 0.224 e. The molecular formula is C13H16BrFN2O. The molecule has 0 spiro atoms. The van der Waals surface area contributed by atoms with Crippen LogP contribution < -0.4 is 10.6 Å². The summed E-state index contributed by atoms with van der Waals surface area (Å²) in [4.78, 5) is 11.7. The van der Waals surface area contributed by atoms with E-state index < -0.39 is 0 Å². The van der Waals surface area contributed by atoms with Crippen LogP contribution >= 0.6 is 15.9 Å². The summed E-state index contributed by atoms with van der Waals surface area (Å²) in [6, 6.07) is 4.85. The highest BCUT2D eigenvalue weighted by atomic mass is 79.9. The minimum Gasteiger partial charge on any atom is -0.355 e. The molecule has 0 aromatic heterocycles. The van der Waals surface area contributed by atoms with Crippen molar-refractivity contribution in [1.29, 1.82) is 0 Å². The second-order valence-electron chi connectivity index (χ2n) is 4.47. The number of benzene rings is 1. The van der Waals surface area contributed by atoms with Crippen LogP contribution in [-0.2, 0) is 11.2 Å². The summed E-state index contributed by atoms with van der Waals surface area (Å²) in [5.41, 5.74) is 0.620. The summed E-state index contributed by atoms with van der Waals surface area (Å²) in [6.07, 6.45) is 1.40. The van der Waals surface area contributed by atoms with E-state index in [1.165, 1.54) is 6.07 Å². The number of hydrogen-bond acceptors (Lipinski definition) is 2. The molecule has 2 rings (SSSR count). The largest absolute Gasteiger partial charge is 0.355 e. The lowest BCUT2D eigenvalue weighted by molar-refractivity contribution is -0.124. The molecule has 2 N–H and O–H groups in total. The van der Waals surface area contributed by atoms with E-state index in [2.05, 4.69) is 26.6 Å². The van der Waals surface area contributed by atoms with Gasteiger partial charge >= 0.3 is 0 Å². The predicted molar refractivity (Wildman–Crippen MR) is 71.8 cm³/mol. The molecular weight excluding hydrogens is 299 g/mol. The molecule has 1 amide bonds. The zero-order valence-corrected chi connectivity index (χ0v) is 11.6. The Hall–Kier alpha value is -0.940. The van der Waals surface area contributed by atoms with E-state index in [0.717, 1.165) is 24.0 Å². The molecule has 1 saturated heterocycles. The summed E-state index contributed by atoms with van der Waals surface area (Å²) in [5.74, 6) is -0.0947. The summed E-state index contributed by atoms with van der Waals surface area (Å²) in [5, 5.41) is 6.01. The number of nitrogens with one attached hydrogen (secondary N) is 2. The van der Waals surface area contributed by atoms with E-state index in [4.69, 9.17) is 0 Å². The van der Waals surface area contributed by atoms with Gasteiger partial charge in [0.2, 0.25) is 5.91 Å². The van der Waals surface area contributed by atoms with Crippen molar-refractivity contribution in [2.75, 3.05) is 19.6 Å². The molecule has 18 heavy (non-hydrogen) atoms. The van der Waals surface area contributed by atoms with Crippen LogP contribution in [0.25, 0.3) is 0 Å². The van der Waals surface area contributed by atoms with E-state index in [9.17, 15) is 9.18 Å². The van der Waals surface area contributed by atoms with Gasteiger partial charge in [-0.3, -0.25) is 4.79 Å². The fourth-order valence-electron chi connectivity index (χ4n) is 2.08. The van der Waals surface area contributed by atoms with Crippen LogP contribution in [0.4, 0.5) is 4.39 Å². The molecule has 1 fully saturated rings. The lowest BCUT2D eigenvalue weighted by Crippen LogP contribution is -2.33. The van der Waals surface area contributed by atoms with Crippen molar-refractivity contribution in [1.82, 2.24) is 10.6 Å². The number of carbonyl (C=O) groups excluding carboxylic acids is 1. The van der Waals surface area contributed by atoms with E-state index in [1.807, 2.05) is 0 Å². The average Bonchev–Trinajstić information content (AvgIpc) is 2.87.